The summed E-state index contributed by atoms with van der Waals surface area (Å²) in [6, 6.07) is 11.3. The van der Waals surface area contributed by atoms with E-state index in [1.165, 1.54) is 24.3 Å². The molecule has 0 amide bonds. The SMILES string of the molecule is NS(=O)(=O)c1ccc(NS(=O)(=O)c2ccccc2)cc1Cl. The largest absolute Gasteiger partial charge is 0.280 e. The molecule has 9 heteroatoms. The average molecular weight is 347 g/mol. The minimum Gasteiger partial charge on any atom is -0.280 e. The molecule has 21 heavy (non-hydrogen) atoms. The first-order valence-electron chi connectivity index (χ1n) is 5.60. The van der Waals surface area contributed by atoms with Crippen molar-refractivity contribution in [3.63, 3.8) is 0 Å². The van der Waals surface area contributed by atoms with Crippen molar-refractivity contribution in [1.29, 1.82) is 0 Å². The number of anilines is 1. The highest BCUT2D eigenvalue weighted by Crippen LogP contribution is 2.25. The van der Waals surface area contributed by atoms with Gasteiger partial charge in [0.15, 0.2) is 0 Å². The minimum atomic E-state index is -3.96. The van der Waals surface area contributed by atoms with Gasteiger partial charge in [0, 0.05) is 0 Å². The van der Waals surface area contributed by atoms with Gasteiger partial charge in [0.25, 0.3) is 10.0 Å². The van der Waals surface area contributed by atoms with Gasteiger partial charge in [-0.05, 0) is 30.3 Å². The van der Waals surface area contributed by atoms with Crippen LogP contribution in [0, 0.1) is 0 Å². The van der Waals surface area contributed by atoms with Gasteiger partial charge < -0.3 is 0 Å². The van der Waals surface area contributed by atoms with Crippen molar-refractivity contribution in [2.75, 3.05) is 4.72 Å². The molecule has 0 unspecified atom stereocenters. The monoisotopic (exact) mass is 346 g/mol. The highest BCUT2D eigenvalue weighted by atomic mass is 35.5. The molecule has 0 atom stereocenters. The molecule has 0 radical (unpaired) electrons. The fourth-order valence-corrected chi connectivity index (χ4v) is 3.77. The Morgan fingerprint density at radius 2 is 1.57 bits per heavy atom. The van der Waals surface area contributed by atoms with Gasteiger partial charge in [-0.2, -0.15) is 0 Å². The third-order valence-corrected chi connectivity index (χ3v) is 5.34. The van der Waals surface area contributed by atoms with Crippen molar-refractivity contribution in [3.8, 4) is 0 Å². The molecule has 0 aliphatic heterocycles. The van der Waals surface area contributed by atoms with Gasteiger partial charge in [-0.15, -0.1) is 0 Å². The van der Waals surface area contributed by atoms with E-state index in [4.69, 9.17) is 16.7 Å². The summed E-state index contributed by atoms with van der Waals surface area (Å²) in [5.74, 6) is 0. The predicted octanol–water partition coefficient (Wildman–Crippen LogP) is 1.79. The number of primary sulfonamides is 1. The van der Waals surface area contributed by atoms with Gasteiger partial charge in [0.05, 0.1) is 15.6 Å². The zero-order valence-corrected chi connectivity index (χ0v) is 12.9. The number of nitrogens with one attached hydrogen (secondary N) is 1. The van der Waals surface area contributed by atoms with Crippen LogP contribution in [0.2, 0.25) is 5.02 Å². The van der Waals surface area contributed by atoms with Crippen LogP contribution >= 0.6 is 11.6 Å². The quantitative estimate of drug-likeness (QED) is 0.880. The Morgan fingerprint density at radius 3 is 2.10 bits per heavy atom. The topological polar surface area (TPSA) is 106 Å². The summed E-state index contributed by atoms with van der Waals surface area (Å²) in [5, 5.41) is 4.81. The molecule has 6 nitrogen and oxygen atoms in total. The number of benzene rings is 2. The Labute approximate surface area is 127 Å². The molecule has 0 fully saturated rings. The minimum absolute atomic E-state index is 0.0802. The molecule has 0 saturated carbocycles. The lowest BCUT2D eigenvalue weighted by molar-refractivity contribution is 0.597. The fourth-order valence-electron chi connectivity index (χ4n) is 1.61. The van der Waals surface area contributed by atoms with Gasteiger partial charge in [0.1, 0.15) is 4.90 Å². The first kappa shape index (κ1) is 15.8. The molecule has 0 saturated heterocycles. The van der Waals surface area contributed by atoms with E-state index in [1.54, 1.807) is 18.2 Å². The van der Waals surface area contributed by atoms with Crippen LogP contribution in [0.4, 0.5) is 5.69 Å². The Hall–Kier alpha value is -1.61. The van der Waals surface area contributed by atoms with Crippen molar-refractivity contribution in [2.24, 2.45) is 5.14 Å². The van der Waals surface area contributed by atoms with Gasteiger partial charge in [0.2, 0.25) is 10.0 Å². The molecule has 0 spiro atoms. The third kappa shape index (κ3) is 3.73. The van der Waals surface area contributed by atoms with Crippen LogP contribution in [0.15, 0.2) is 58.3 Å². The van der Waals surface area contributed by atoms with Crippen LogP contribution in [0.3, 0.4) is 0 Å². The second-order valence-corrected chi connectivity index (χ2v) is 7.73. The number of halogens is 1. The lowest BCUT2D eigenvalue weighted by Crippen LogP contribution is -2.15. The van der Waals surface area contributed by atoms with Crippen molar-refractivity contribution in [3.05, 3.63) is 53.6 Å². The standard InChI is InChI=1S/C12H11ClN2O4S2/c13-11-8-9(6-7-12(11)20(14,16)17)15-21(18,19)10-4-2-1-3-5-10/h1-8,15H,(H2,14,16,17). The van der Waals surface area contributed by atoms with Crippen molar-refractivity contribution < 1.29 is 16.8 Å². The normalized spacial score (nSPS) is 12.1. The summed E-state index contributed by atoms with van der Waals surface area (Å²) in [5.41, 5.74) is 0.135. The van der Waals surface area contributed by atoms with E-state index >= 15 is 0 Å². The van der Waals surface area contributed by atoms with E-state index in [-0.39, 0.29) is 20.5 Å². The first-order chi connectivity index (χ1) is 9.70. The summed E-state index contributed by atoms with van der Waals surface area (Å²) < 4.78 is 49.0. The maximum atomic E-state index is 12.1. The summed E-state index contributed by atoms with van der Waals surface area (Å²) in [6.45, 7) is 0. The molecule has 2 aromatic rings. The zero-order chi connectivity index (χ0) is 15.7. The summed E-state index contributed by atoms with van der Waals surface area (Å²) in [4.78, 5) is -0.191. The van der Waals surface area contributed by atoms with E-state index in [2.05, 4.69) is 4.72 Å². The van der Waals surface area contributed by atoms with E-state index in [0.29, 0.717) is 0 Å². The number of hydrogen-bond acceptors (Lipinski definition) is 4. The molecule has 0 aliphatic carbocycles. The Balaban J connectivity index is 2.36. The molecule has 2 aromatic carbocycles. The number of rotatable bonds is 4. The van der Waals surface area contributed by atoms with Gasteiger partial charge in [-0.1, -0.05) is 29.8 Å². The van der Waals surface area contributed by atoms with E-state index < -0.39 is 20.0 Å². The van der Waals surface area contributed by atoms with Gasteiger partial charge in [-0.25, -0.2) is 22.0 Å². The van der Waals surface area contributed by atoms with Crippen LogP contribution < -0.4 is 9.86 Å². The second kappa shape index (κ2) is 5.64. The molecular weight excluding hydrogens is 336 g/mol. The maximum Gasteiger partial charge on any atom is 0.261 e. The number of nitrogens with two attached hydrogens (primary N) is 1. The van der Waals surface area contributed by atoms with E-state index in [1.807, 2.05) is 0 Å². The Bertz CT molecular complexity index is 865. The molecular formula is C12H11ClN2O4S2. The molecule has 0 heterocycles. The maximum absolute atomic E-state index is 12.1. The van der Waals surface area contributed by atoms with Crippen molar-refractivity contribution >= 4 is 37.3 Å². The highest BCUT2D eigenvalue weighted by molar-refractivity contribution is 7.92. The lowest BCUT2D eigenvalue weighted by atomic mass is 10.3. The predicted molar refractivity (Wildman–Crippen MR) is 80.1 cm³/mol. The van der Waals surface area contributed by atoms with Crippen LogP contribution in [-0.2, 0) is 20.0 Å². The highest BCUT2D eigenvalue weighted by Gasteiger charge is 2.17. The second-order valence-electron chi connectivity index (χ2n) is 4.11. The molecule has 0 aromatic heterocycles. The summed E-state index contributed by atoms with van der Waals surface area (Å²) >= 11 is 5.79. The molecule has 0 aliphatic rings. The lowest BCUT2D eigenvalue weighted by Gasteiger charge is -2.09. The molecule has 112 valence electrons. The zero-order valence-electron chi connectivity index (χ0n) is 10.5. The van der Waals surface area contributed by atoms with Crippen LogP contribution in [-0.4, -0.2) is 16.8 Å². The average Bonchev–Trinajstić information content (AvgIpc) is 2.37. The van der Waals surface area contributed by atoms with Gasteiger partial charge >= 0.3 is 0 Å². The fraction of sp³-hybridized carbons (Fsp3) is 0. The Kier molecular flexibility index (Phi) is 4.24. The molecule has 2 rings (SSSR count). The number of sulfonamides is 2. The van der Waals surface area contributed by atoms with Crippen LogP contribution in [0.5, 0.6) is 0 Å². The van der Waals surface area contributed by atoms with E-state index in [9.17, 15) is 16.8 Å². The van der Waals surface area contributed by atoms with E-state index in [0.717, 1.165) is 6.07 Å². The summed E-state index contributed by atoms with van der Waals surface area (Å²) in [7, 11) is -7.72. The van der Waals surface area contributed by atoms with Gasteiger partial charge in [-0.3, -0.25) is 4.72 Å². The smallest absolute Gasteiger partial charge is 0.261 e. The third-order valence-electron chi connectivity index (χ3n) is 2.54. The van der Waals surface area contributed by atoms with Crippen LogP contribution in [0.25, 0.3) is 0 Å². The first-order valence-corrected chi connectivity index (χ1v) is 9.01. The molecule has 3 N–H and O–H groups in total. The Morgan fingerprint density at radius 1 is 0.952 bits per heavy atom. The molecule has 0 bridgehead atoms. The van der Waals surface area contributed by atoms with Crippen LogP contribution in [0.1, 0.15) is 0 Å². The number of hydrogen-bond donors (Lipinski definition) is 2. The van der Waals surface area contributed by atoms with Crippen molar-refractivity contribution in [1.82, 2.24) is 0 Å². The van der Waals surface area contributed by atoms with Crippen molar-refractivity contribution in [2.45, 2.75) is 9.79 Å². The summed E-state index contributed by atoms with van der Waals surface area (Å²) in [6.07, 6.45) is 0.